The van der Waals surface area contributed by atoms with Gasteiger partial charge in [-0.2, -0.15) is 0 Å². The lowest BCUT2D eigenvalue weighted by atomic mass is 9.81. The maximum absolute atomic E-state index is 12.8. The second-order valence-corrected chi connectivity index (χ2v) is 6.16. The molecule has 0 N–H and O–H groups in total. The predicted molar refractivity (Wildman–Crippen MR) is 77.1 cm³/mol. The molecule has 0 spiro atoms. The number of carbonyl (C=O) groups excluding carboxylic acids is 2. The Balaban J connectivity index is 1.90. The first-order chi connectivity index (χ1) is 9.63. The molecule has 0 bridgehead atoms. The molecule has 2 fully saturated rings. The van der Waals surface area contributed by atoms with Gasteiger partial charge in [0.2, 0.25) is 5.91 Å². The van der Waals surface area contributed by atoms with E-state index in [2.05, 4.69) is 6.92 Å². The summed E-state index contributed by atoms with van der Waals surface area (Å²) in [6.45, 7) is 5.83. The Labute approximate surface area is 121 Å². The minimum absolute atomic E-state index is 0.0137. The van der Waals surface area contributed by atoms with Gasteiger partial charge in [-0.05, 0) is 39.0 Å². The van der Waals surface area contributed by atoms with Crippen molar-refractivity contribution in [1.82, 2.24) is 4.90 Å². The molecule has 1 amide bonds. The number of hydrogen-bond acceptors (Lipinski definition) is 3. The Bertz CT molecular complexity index is 353. The van der Waals surface area contributed by atoms with Crippen LogP contribution >= 0.6 is 0 Å². The van der Waals surface area contributed by atoms with Gasteiger partial charge in [-0.3, -0.25) is 9.59 Å². The SMILES string of the molecule is CCOC(=O)C1CCN(C(=O)C2(CC)CCCC2)CC1. The number of amides is 1. The number of nitrogens with zero attached hydrogens (tertiary/aromatic N) is 1. The van der Waals surface area contributed by atoms with Crippen LogP contribution in [0.4, 0.5) is 0 Å². The van der Waals surface area contributed by atoms with Crippen LogP contribution in [0.1, 0.15) is 58.8 Å². The molecule has 0 aromatic rings. The summed E-state index contributed by atoms with van der Waals surface area (Å²) in [6.07, 6.45) is 6.90. The van der Waals surface area contributed by atoms with Crippen LogP contribution in [0.5, 0.6) is 0 Å². The Morgan fingerprint density at radius 1 is 1.15 bits per heavy atom. The highest BCUT2D eigenvalue weighted by Gasteiger charge is 2.42. The lowest BCUT2D eigenvalue weighted by molar-refractivity contribution is -0.153. The van der Waals surface area contributed by atoms with Crippen molar-refractivity contribution in [2.24, 2.45) is 11.3 Å². The molecule has 1 aliphatic heterocycles. The number of esters is 1. The Morgan fingerprint density at radius 2 is 1.75 bits per heavy atom. The Morgan fingerprint density at radius 3 is 2.25 bits per heavy atom. The largest absolute Gasteiger partial charge is 0.466 e. The quantitative estimate of drug-likeness (QED) is 0.744. The molecule has 0 aromatic heterocycles. The molecule has 0 aromatic carbocycles. The summed E-state index contributed by atoms with van der Waals surface area (Å²) in [6, 6.07) is 0. The third-order valence-electron chi connectivity index (χ3n) is 5.09. The van der Waals surface area contributed by atoms with E-state index in [1.54, 1.807) is 0 Å². The van der Waals surface area contributed by atoms with Crippen molar-refractivity contribution in [3.8, 4) is 0 Å². The van der Waals surface area contributed by atoms with Crippen LogP contribution in [0.15, 0.2) is 0 Å². The second-order valence-electron chi connectivity index (χ2n) is 6.16. The number of rotatable bonds is 4. The minimum Gasteiger partial charge on any atom is -0.466 e. The van der Waals surface area contributed by atoms with Crippen molar-refractivity contribution < 1.29 is 14.3 Å². The second kappa shape index (κ2) is 6.59. The van der Waals surface area contributed by atoms with Crippen molar-refractivity contribution >= 4 is 11.9 Å². The first-order valence-corrected chi connectivity index (χ1v) is 8.09. The number of carbonyl (C=O) groups is 2. The summed E-state index contributed by atoms with van der Waals surface area (Å²) in [5.41, 5.74) is -0.100. The average Bonchev–Trinajstić information content (AvgIpc) is 2.97. The fourth-order valence-corrected chi connectivity index (χ4v) is 3.68. The summed E-state index contributed by atoms with van der Waals surface area (Å²) in [7, 11) is 0. The maximum atomic E-state index is 12.8. The van der Waals surface area contributed by atoms with Crippen molar-refractivity contribution in [3.05, 3.63) is 0 Å². The van der Waals surface area contributed by atoms with E-state index in [1.165, 1.54) is 12.8 Å². The van der Waals surface area contributed by atoms with E-state index in [9.17, 15) is 9.59 Å². The average molecular weight is 281 g/mol. The van der Waals surface area contributed by atoms with Crippen LogP contribution in [0.3, 0.4) is 0 Å². The summed E-state index contributed by atoms with van der Waals surface area (Å²) < 4.78 is 5.08. The molecular formula is C16H27NO3. The summed E-state index contributed by atoms with van der Waals surface area (Å²) in [5, 5.41) is 0. The van der Waals surface area contributed by atoms with Crippen molar-refractivity contribution in [3.63, 3.8) is 0 Å². The molecule has 4 nitrogen and oxygen atoms in total. The van der Waals surface area contributed by atoms with Crippen LogP contribution in [-0.2, 0) is 14.3 Å². The topological polar surface area (TPSA) is 46.6 Å². The zero-order chi connectivity index (χ0) is 14.6. The highest BCUT2D eigenvalue weighted by atomic mass is 16.5. The fourth-order valence-electron chi connectivity index (χ4n) is 3.68. The normalized spacial score (nSPS) is 22.8. The molecule has 0 unspecified atom stereocenters. The predicted octanol–water partition coefficient (Wildman–Crippen LogP) is 2.76. The molecule has 0 atom stereocenters. The molecule has 1 aliphatic carbocycles. The van der Waals surface area contributed by atoms with Gasteiger partial charge >= 0.3 is 5.97 Å². The molecule has 0 radical (unpaired) electrons. The van der Waals surface area contributed by atoms with E-state index in [0.29, 0.717) is 25.6 Å². The molecule has 2 rings (SSSR count). The van der Waals surface area contributed by atoms with Crippen LogP contribution in [0.25, 0.3) is 0 Å². The zero-order valence-corrected chi connectivity index (χ0v) is 12.8. The Kier molecular flexibility index (Phi) is 5.06. The van der Waals surface area contributed by atoms with Crippen molar-refractivity contribution in [1.29, 1.82) is 0 Å². The van der Waals surface area contributed by atoms with E-state index in [0.717, 1.165) is 32.1 Å². The van der Waals surface area contributed by atoms with Gasteiger partial charge in [-0.15, -0.1) is 0 Å². The lowest BCUT2D eigenvalue weighted by Gasteiger charge is -2.37. The van der Waals surface area contributed by atoms with Gasteiger partial charge in [0.05, 0.1) is 12.5 Å². The number of hydrogen-bond donors (Lipinski definition) is 0. The van der Waals surface area contributed by atoms with Gasteiger partial charge in [0, 0.05) is 18.5 Å². The maximum Gasteiger partial charge on any atom is 0.309 e. The first kappa shape index (κ1) is 15.3. The highest BCUT2D eigenvalue weighted by molar-refractivity contribution is 5.83. The number of likely N-dealkylation sites (tertiary alicyclic amines) is 1. The van der Waals surface area contributed by atoms with Crippen LogP contribution < -0.4 is 0 Å². The van der Waals surface area contributed by atoms with E-state index in [1.807, 2.05) is 11.8 Å². The molecule has 114 valence electrons. The zero-order valence-electron chi connectivity index (χ0n) is 12.8. The fraction of sp³-hybridized carbons (Fsp3) is 0.875. The number of ether oxygens (including phenoxy) is 1. The molecule has 1 heterocycles. The molecule has 2 aliphatic rings. The molecule has 4 heteroatoms. The van der Waals surface area contributed by atoms with Gasteiger partial charge in [-0.25, -0.2) is 0 Å². The summed E-state index contributed by atoms with van der Waals surface area (Å²) in [5.74, 6) is 0.227. The van der Waals surface area contributed by atoms with Gasteiger partial charge in [-0.1, -0.05) is 19.8 Å². The summed E-state index contributed by atoms with van der Waals surface area (Å²) in [4.78, 5) is 26.5. The van der Waals surface area contributed by atoms with Gasteiger partial charge in [0.1, 0.15) is 0 Å². The monoisotopic (exact) mass is 281 g/mol. The highest BCUT2D eigenvalue weighted by Crippen LogP contribution is 2.43. The lowest BCUT2D eigenvalue weighted by Crippen LogP contribution is -2.47. The van der Waals surface area contributed by atoms with E-state index < -0.39 is 0 Å². The van der Waals surface area contributed by atoms with Crippen molar-refractivity contribution in [2.45, 2.75) is 58.8 Å². The van der Waals surface area contributed by atoms with E-state index >= 15 is 0 Å². The van der Waals surface area contributed by atoms with Gasteiger partial charge in [0.15, 0.2) is 0 Å². The third kappa shape index (κ3) is 2.99. The van der Waals surface area contributed by atoms with E-state index in [-0.39, 0.29) is 17.3 Å². The van der Waals surface area contributed by atoms with E-state index in [4.69, 9.17) is 4.74 Å². The molecule has 1 saturated carbocycles. The smallest absolute Gasteiger partial charge is 0.309 e. The standard InChI is InChI=1S/C16H27NO3/c1-3-16(9-5-6-10-16)15(19)17-11-7-13(8-12-17)14(18)20-4-2/h13H,3-12H2,1-2H3. The van der Waals surface area contributed by atoms with Gasteiger partial charge in [0.25, 0.3) is 0 Å². The third-order valence-corrected chi connectivity index (χ3v) is 5.09. The number of piperidine rings is 1. The first-order valence-electron chi connectivity index (χ1n) is 8.09. The molecule has 1 saturated heterocycles. The summed E-state index contributed by atoms with van der Waals surface area (Å²) >= 11 is 0. The van der Waals surface area contributed by atoms with Crippen molar-refractivity contribution in [2.75, 3.05) is 19.7 Å². The van der Waals surface area contributed by atoms with Crippen LogP contribution in [-0.4, -0.2) is 36.5 Å². The van der Waals surface area contributed by atoms with Gasteiger partial charge < -0.3 is 9.64 Å². The minimum atomic E-state index is -0.100. The molecule has 20 heavy (non-hydrogen) atoms. The Hall–Kier alpha value is -1.06. The van der Waals surface area contributed by atoms with Crippen LogP contribution in [0, 0.1) is 11.3 Å². The van der Waals surface area contributed by atoms with Crippen LogP contribution in [0.2, 0.25) is 0 Å². The molecular weight excluding hydrogens is 254 g/mol.